The summed E-state index contributed by atoms with van der Waals surface area (Å²) < 4.78 is 0. The number of hydrogen-bond acceptors (Lipinski definition) is 3. The van der Waals surface area contributed by atoms with E-state index in [-0.39, 0.29) is 23.4 Å². The van der Waals surface area contributed by atoms with Gasteiger partial charge >= 0.3 is 0 Å². The molecule has 0 radical (unpaired) electrons. The molecule has 0 aromatic carbocycles. The lowest BCUT2D eigenvalue weighted by molar-refractivity contribution is -0.132. The van der Waals surface area contributed by atoms with E-state index < -0.39 is 0 Å². The minimum atomic E-state index is -0.333. The molecule has 0 aromatic heterocycles. The summed E-state index contributed by atoms with van der Waals surface area (Å²) in [7, 11) is 0. The summed E-state index contributed by atoms with van der Waals surface area (Å²) >= 11 is 0. The molecule has 2 atom stereocenters. The van der Waals surface area contributed by atoms with Gasteiger partial charge in [-0.1, -0.05) is 13.8 Å². The lowest BCUT2D eigenvalue weighted by atomic mass is 9.87. The highest BCUT2D eigenvalue weighted by Gasteiger charge is 2.44. The minimum absolute atomic E-state index is 0.121. The Bertz CT molecular complexity index is 261. The molecule has 2 fully saturated rings. The first kappa shape index (κ1) is 10.9. The topological polar surface area (TPSA) is 58.4 Å². The highest BCUT2D eigenvalue weighted by Crippen LogP contribution is 2.30. The quantitative estimate of drug-likeness (QED) is 0.672. The van der Waals surface area contributed by atoms with E-state index in [2.05, 4.69) is 5.32 Å². The van der Waals surface area contributed by atoms with Crippen molar-refractivity contribution in [1.82, 2.24) is 10.2 Å². The van der Waals surface area contributed by atoms with E-state index in [4.69, 9.17) is 5.73 Å². The van der Waals surface area contributed by atoms with Crippen molar-refractivity contribution in [3.8, 4) is 0 Å². The average molecular weight is 211 g/mol. The van der Waals surface area contributed by atoms with Crippen molar-refractivity contribution in [2.75, 3.05) is 19.6 Å². The number of carbonyl (C=O) groups is 1. The number of carbonyl (C=O) groups excluding carboxylic acids is 1. The number of hydrogen-bond donors (Lipinski definition) is 2. The Morgan fingerprint density at radius 3 is 2.53 bits per heavy atom. The normalized spacial score (nSPS) is 32.1. The molecule has 15 heavy (non-hydrogen) atoms. The Kier molecular flexibility index (Phi) is 2.73. The van der Waals surface area contributed by atoms with Crippen molar-refractivity contribution in [3.05, 3.63) is 0 Å². The van der Waals surface area contributed by atoms with Crippen LogP contribution in [0, 0.1) is 5.92 Å². The molecule has 1 spiro atoms. The predicted molar refractivity (Wildman–Crippen MR) is 59.4 cm³/mol. The largest absolute Gasteiger partial charge is 0.339 e. The van der Waals surface area contributed by atoms with Gasteiger partial charge in [0.2, 0.25) is 5.91 Å². The number of nitrogens with zero attached hydrogens (tertiary/aromatic N) is 1. The van der Waals surface area contributed by atoms with Crippen molar-refractivity contribution in [3.63, 3.8) is 0 Å². The van der Waals surface area contributed by atoms with Crippen molar-refractivity contribution in [2.24, 2.45) is 11.7 Å². The molecule has 0 aromatic rings. The summed E-state index contributed by atoms with van der Waals surface area (Å²) in [5, 5.41) is 3.44. The Labute approximate surface area is 91.2 Å². The van der Waals surface area contributed by atoms with Crippen molar-refractivity contribution >= 4 is 5.91 Å². The van der Waals surface area contributed by atoms with Crippen molar-refractivity contribution < 1.29 is 4.79 Å². The summed E-state index contributed by atoms with van der Waals surface area (Å²) in [5.41, 5.74) is 6.12. The van der Waals surface area contributed by atoms with Crippen molar-refractivity contribution in [1.29, 1.82) is 0 Å². The van der Waals surface area contributed by atoms with Gasteiger partial charge in [0.15, 0.2) is 0 Å². The number of nitrogens with two attached hydrogens (primary N) is 1. The minimum Gasteiger partial charge on any atom is -0.339 e. The smallest absolute Gasteiger partial charge is 0.239 e. The van der Waals surface area contributed by atoms with Gasteiger partial charge in [0.1, 0.15) is 0 Å². The van der Waals surface area contributed by atoms with Gasteiger partial charge in [-0.2, -0.15) is 0 Å². The van der Waals surface area contributed by atoms with Crippen LogP contribution >= 0.6 is 0 Å². The zero-order chi connectivity index (χ0) is 11.1. The third kappa shape index (κ3) is 1.88. The van der Waals surface area contributed by atoms with E-state index >= 15 is 0 Å². The lowest BCUT2D eigenvalue weighted by Crippen LogP contribution is -2.59. The molecule has 2 aliphatic heterocycles. The maximum absolute atomic E-state index is 12.0. The van der Waals surface area contributed by atoms with Gasteiger partial charge in [0.05, 0.1) is 6.04 Å². The van der Waals surface area contributed by atoms with Crippen LogP contribution in [0.1, 0.15) is 26.7 Å². The van der Waals surface area contributed by atoms with Crippen LogP contribution in [0.3, 0.4) is 0 Å². The molecule has 86 valence electrons. The van der Waals surface area contributed by atoms with E-state index in [0.717, 1.165) is 26.1 Å². The highest BCUT2D eigenvalue weighted by molar-refractivity contribution is 5.82. The second-order valence-corrected chi connectivity index (χ2v) is 5.24. The van der Waals surface area contributed by atoms with Gasteiger partial charge in [0, 0.05) is 18.6 Å². The number of likely N-dealkylation sites (tertiary alicyclic amines) is 1. The molecular formula is C11H21N3O. The molecular weight excluding hydrogens is 190 g/mol. The molecule has 2 unspecified atom stereocenters. The summed E-state index contributed by atoms with van der Waals surface area (Å²) in [4.78, 5) is 13.9. The van der Waals surface area contributed by atoms with Crippen LogP contribution in [0.4, 0.5) is 0 Å². The molecule has 0 bridgehead atoms. The zero-order valence-corrected chi connectivity index (χ0v) is 9.62. The summed E-state index contributed by atoms with van der Waals surface area (Å²) in [6, 6.07) is -0.333. The fourth-order valence-corrected chi connectivity index (χ4v) is 2.38. The Morgan fingerprint density at radius 1 is 1.47 bits per heavy atom. The van der Waals surface area contributed by atoms with E-state index in [0.29, 0.717) is 0 Å². The lowest BCUT2D eigenvalue weighted by Gasteiger charge is -2.40. The summed E-state index contributed by atoms with van der Waals surface area (Å²) in [5.74, 6) is 0.346. The third-order valence-corrected chi connectivity index (χ3v) is 3.77. The molecule has 2 heterocycles. The Balaban J connectivity index is 1.93. The molecule has 0 aliphatic carbocycles. The number of amides is 1. The fraction of sp³-hybridized carbons (Fsp3) is 0.909. The molecule has 2 aliphatic rings. The fourth-order valence-electron chi connectivity index (χ4n) is 2.38. The van der Waals surface area contributed by atoms with E-state index in [9.17, 15) is 4.79 Å². The van der Waals surface area contributed by atoms with Gasteiger partial charge in [0.25, 0.3) is 0 Å². The first-order valence-electron chi connectivity index (χ1n) is 5.83. The monoisotopic (exact) mass is 211 g/mol. The first-order chi connectivity index (χ1) is 7.04. The van der Waals surface area contributed by atoms with Gasteiger partial charge in [-0.25, -0.2) is 0 Å². The van der Waals surface area contributed by atoms with Gasteiger partial charge in [-0.3, -0.25) is 4.79 Å². The average Bonchev–Trinajstić information content (AvgIpc) is 2.59. The van der Waals surface area contributed by atoms with Crippen LogP contribution in [-0.4, -0.2) is 42.0 Å². The molecule has 2 rings (SSSR count). The van der Waals surface area contributed by atoms with E-state index in [1.807, 2.05) is 18.7 Å². The maximum atomic E-state index is 12.0. The standard InChI is InChI=1S/C11H21N3O/c1-8(2)9(12)10(15)14-6-4-11(7-14)3-5-13-11/h8-9,13H,3-7,12H2,1-2H3. The molecule has 1 amide bonds. The van der Waals surface area contributed by atoms with Crippen LogP contribution in [0.15, 0.2) is 0 Å². The predicted octanol–water partition coefficient (Wildman–Crippen LogP) is -0.0659. The van der Waals surface area contributed by atoms with E-state index in [1.54, 1.807) is 0 Å². The second-order valence-electron chi connectivity index (χ2n) is 5.24. The molecule has 4 nitrogen and oxygen atoms in total. The Morgan fingerprint density at radius 2 is 2.13 bits per heavy atom. The molecule has 4 heteroatoms. The van der Waals surface area contributed by atoms with Crippen molar-refractivity contribution in [2.45, 2.75) is 38.3 Å². The van der Waals surface area contributed by atoms with Gasteiger partial charge < -0.3 is 16.0 Å². The first-order valence-corrected chi connectivity index (χ1v) is 5.83. The van der Waals surface area contributed by atoms with Crippen LogP contribution in [0.2, 0.25) is 0 Å². The molecule has 0 saturated carbocycles. The van der Waals surface area contributed by atoms with Crippen LogP contribution in [0.5, 0.6) is 0 Å². The highest BCUT2D eigenvalue weighted by atomic mass is 16.2. The molecule has 3 N–H and O–H groups in total. The van der Waals surface area contributed by atoms with Gasteiger partial charge in [-0.05, 0) is 25.3 Å². The second kappa shape index (κ2) is 3.76. The van der Waals surface area contributed by atoms with Gasteiger partial charge in [-0.15, -0.1) is 0 Å². The molecule has 2 saturated heterocycles. The summed E-state index contributed by atoms with van der Waals surface area (Å²) in [6.45, 7) is 6.81. The Hall–Kier alpha value is -0.610. The number of rotatable bonds is 2. The van der Waals surface area contributed by atoms with Crippen LogP contribution in [-0.2, 0) is 4.79 Å². The van der Waals surface area contributed by atoms with Crippen LogP contribution in [0.25, 0.3) is 0 Å². The third-order valence-electron chi connectivity index (χ3n) is 3.77. The SMILES string of the molecule is CC(C)C(N)C(=O)N1CCC2(CCN2)C1. The maximum Gasteiger partial charge on any atom is 0.239 e. The zero-order valence-electron chi connectivity index (χ0n) is 9.62. The summed E-state index contributed by atoms with van der Waals surface area (Å²) in [6.07, 6.45) is 2.29. The van der Waals surface area contributed by atoms with Crippen LogP contribution < -0.4 is 11.1 Å². The van der Waals surface area contributed by atoms with E-state index in [1.165, 1.54) is 6.42 Å². The number of nitrogens with one attached hydrogen (secondary N) is 1.